The van der Waals surface area contributed by atoms with Crippen LogP contribution in [-0.2, 0) is 38.8 Å². The first-order valence-electron chi connectivity index (χ1n) is 15.8. The van der Waals surface area contributed by atoms with Crippen LogP contribution in [0.1, 0.15) is 48.1 Å². The second kappa shape index (κ2) is 15.9. The lowest BCUT2D eigenvalue weighted by Crippen LogP contribution is -2.54. The van der Waals surface area contributed by atoms with Gasteiger partial charge in [0.05, 0.1) is 21.2 Å². The van der Waals surface area contributed by atoms with Crippen molar-refractivity contribution in [2.75, 3.05) is 10.8 Å². The lowest BCUT2D eigenvalue weighted by Gasteiger charge is -2.34. The maximum absolute atomic E-state index is 14.6. The molecule has 12 heteroatoms. The van der Waals surface area contributed by atoms with E-state index in [-0.39, 0.29) is 23.9 Å². The summed E-state index contributed by atoms with van der Waals surface area (Å²) in [5.74, 6) is -1.23. The van der Waals surface area contributed by atoms with Crippen molar-refractivity contribution in [3.05, 3.63) is 130 Å². The van der Waals surface area contributed by atoms with Crippen LogP contribution in [0, 0.1) is 13.8 Å². The SMILES string of the molecule is CC[C@@H](C)NC(=O)[C@H](Cc1ccccc1)N(Cc1ccccc1C)C(=O)CN(c1ccc(Cl)c(C(F)(F)F)c1)S(=O)(=O)c1ccc(C)cc1. The Morgan fingerprint density at radius 1 is 0.898 bits per heavy atom. The molecule has 7 nitrogen and oxygen atoms in total. The molecule has 0 unspecified atom stereocenters. The first kappa shape index (κ1) is 37.5. The molecule has 4 rings (SSSR count). The number of aryl methyl sites for hydroxylation is 2. The first-order chi connectivity index (χ1) is 23.1. The van der Waals surface area contributed by atoms with E-state index in [9.17, 15) is 31.2 Å². The summed E-state index contributed by atoms with van der Waals surface area (Å²) in [5.41, 5.74) is 1.39. The molecule has 49 heavy (non-hydrogen) atoms. The second-order valence-corrected chi connectivity index (χ2v) is 14.2. The van der Waals surface area contributed by atoms with Gasteiger partial charge in [0.15, 0.2) is 0 Å². The third-order valence-electron chi connectivity index (χ3n) is 8.31. The fourth-order valence-corrected chi connectivity index (χ4v) is 6.85. The lowest BCUT2D eigenvalue weighted by atomic mass is 10.0. The molecule has 0 saturated heterocycles. The van der Waals surface area contributed by atoms with Gasteiger partial charge in [-0.1, -0.05) is 90.8 Å². The Hall–Kier alpha value is -4.35. The van der Waals surface area contributed by atoms with Crippen molar-refractivity contribution in [2.45, 2.75) is 70.2 Å². The summed E-state index contributed by atoms with van der Waals surface area (Å²) >= 11 is 5.89. The molecule has 0 aliphatic heterocycles. The first-order valence-corrected chi connectivity index (χ1v) is 17.6. The van der Waals surface area contributed by atoms with Gasteiger partial charge in [0.25, 0.3) is 10.0 Å². The van der Waals surface area contributed by atoms with Gasteiger partial charge in [0, 0.05) is 19.0 Å². The average molecular weight is 714 g/mol. The minimum atomic E-state index is -4.90. The van der Waals surface area contributed by atoms with Crippen molar-refractivity contribution in [1.82, 2.24) is 10.2 Å². The molecular weight excluding hydrogens is 675 g/mol. The van der Waals surface area contributed by atoms with Crippen molar-refractivity contribution in [3.8, 4) is 0 Å². The van der Waals surface area contributed by atoms with E-state index in [0.717, 1.165) is 28.8 Å². The number of anilines is 1. The van der Waals surface area contributed by atoms with Crippen LogP contribution in [0.3, 0.4) is 0 Å². The van der Waals surface area contributed by atoms with Crippen molar-refractivity contribution >= 4 is 39.1 Å². The van der Waals surface area contributed by atoms with Gasteiger partial charge in [0.1, 0.15) is 12.6 Å². The van der Waals surface area contributed by atoms with E-state index in [2.05, 4.69) is 5.32 Å². The highest BCUT2D eigenvalue weighted by Crippen LogP contribution is 2.38. The molecule has 0 radical (unpaired) electrons. The molecule has 1 N–H and O–H groups in total. The van der Waals surface area contributed by atoms with Crippen molar-refractivity contribution in [2.24, 2.45) is 0 Å². The Balaban J connectivity index is 1.88. The van der Waals surface area contributed by atoms with Crippen molar-refractivity contribution in [3.63, 3.8) is 0 Å². The van der Waals surface area contributed by atoms with E-state index in [1.54, 1.807) is 43.3 Å². The summed E-state index contributed by atoms with van der Waals surface area (Å²) in [4.78, 5) is 29.7. The van der Waals surface area contributed by atoms with E-state index >= 15 is 0 Å². The number of halogens is 4. The number of carbonyl (C=O) groups excluding carboxylic acids is 2. The minimum absolute atomic E-state index is 0.0657. The third-order valence-corrected chi connectivity index (χ3v) is 10.4. The lowest BCUT2D eigenvalue weighted by molar-refractivity contribution is -0.140. The molecule has 0 saturated carbocycles. The van der Waals surface area contributed by atoms with Gasteiger partial charge in [-0.05, 0) is 74.2 Å². The number of amides is 2. The Labute approximate surface area is 290 Å². The van der Waals surface area contributed by atoms with Gasteiger partial charge in [-0.2, -0.15) is 13.2 Å². The molecule has 0 bridgehead atoms. The highest BCUT2D eigenvalue weighted by molar-refractivity contribution is 7.92. The van der Waals surface area contributed by atoms with Gasteiger partial charge >= 0.3 is 6.18 Å². The number of alkyl halides is 3. The fourth-order valence-electron chi connectivity index (χ4n) is 5.22. The largest absolute Gasteiger partial charge is 0.417 e. The molecule has 4 aromatic rings. The number of hydrogen-bond donors (Lipinski definition) is 1. The summed E-state index contributed by atoms with van der Waals surface area (Å²) < 4.78 is 71.0. The molecule has 0 aliphatic carbocycles. The summed E-state index contributed by atoms with van der Waals surface area (Å²) in [6.45, 7) is 6.38. The molecule has 0 heterocycles. The van der Waals surface area contributed by atoms with Gasteiger partial charge in [-0.15, -0.1) is 0 Å². The number of sulfonamides is 1. The number of carbonyl (C=O) groups is 2. The van der Waals surface area contributed by atoms with E-state index in [0.29, 0.717) is 22.4 Å². The summed E-state index contributed by atoms with van der Waals surface area (Å²) in [5, 5.41) is 2.33. The molecule has 0 spiro atoms. The Morgan fingerprint density at radius 2 is 1.53 bits per heavy atom. The number of benzene rings is 4. The van der Waals surface area contributed by atoms with E-state index in [1.165, 1.54) is 17.0 Å². The molecule has 260 valence electrons. The van der Waals surface area contributed by atoms with Crippen LogP contribution in [0.25, 0.3) is 0 Å². The third kappa shape index (κ3) is 9.42. The van der Waals surface area contributed by atoms with Crippen molar-refractivity contribution < 1.29 is 31.2 Å². The highest BCUT2D eigenvalue weighted by atomic mass is 35.5. The predicted molar refractivity (Wildman–Crippen MR) is 186 cm³/mol. The van der Waals surface area contributed by atoms with E-state index in [1.807, 2.05) is 51.1 Å². The standard InChI is InChI=1S/C37H39ClF3N3O4S/c1-5-27(4)42-36(46)34(21-28-12-7-6-8-13-28)43(23-29-14-10-9-11-26(29)3)35(45)24-44(49(47,48)31-18-15-25(2)16-19-31)30-17-20-33(38)32(22-30)37(39,40)41/h6-20,22,27,34H,5,21,23-24H2,1-4H3,(H,42,46)/t27-,34+/m1/s1. The van der Waals surface area contributed by atoms with Gasteiger partial charge in [-0.25, -0.2) is 8.42 Å². The topological polar surface area (TPSA) is 86.8 Å². The summed E-state index contributed by atoms with van der Waals surface area (Å²) in [7, 11) is -4.61. The molecule has 0 aromatic heterocycles. The van der Waals surface area contributed by atoms with Crippen LogP contribution in [0.5, 0.6) is 0 Å². The highest BCUT2D eigenvalue weighted by Gasteiger charge is 2.38. The Morgan fingerprint density at radius 3 is 2.14 bits per heavy atom. The zero-order valence-corrected chi connectivity index (χ0v) is 29.2. The molecule has 0 fully saturated rings. The summed E-state index contributed by atoms with van der Waals surface area (Å²) in [6.07, 6.45) is -4.18. The van der Waals surface area contributed by atoms with Crippen LogP contribution >= 0.6 is 11.6 Å². The molecule has 0 aliphatic rings. The average Bonchev–Trinajstić information content (AvgIpc) is 3.06. The van der Waals surface area contributed by atoms with Gasteiger partial charge < -0.3 is 10.2 Å². The monoisotopic (exact) mass is 713 g/mol. The Bertz CT molecular complexity index is 1870. The van der Waals surface area contributed by atoms with Crippen LogP contribution in [0.15, 0.2) is 102 Å². The van der Waals surface area contributed by atoms with Gasteiger partial charge in [-0.3, -0.25) is 13.9 Å². The normalized spacial score (nSPS) is 13.0. The molecular formula is C37H39ClF3N3O4S. The Kier molecular flexibility index (Phi) is 12.2. The maximum atomic E-state index is 14.6. The van der Waals surface area contributed by atoms with Crippen LogP contribution in [0.2, 0.25) is 5.02 Å². The minimum Gasteiger partial charge on any atom is -0.352 e. The van der Waals surface area contributed by atoms with E-state index in [4.69, 9.17) is 11.6 Å². The zero-order valence-electron chi connectivity index (χ0n) is 27.7. The number of rotatable bonds is 13. The maximum Gasteiger partial charge on any atom is 0.417 e. The number of nitrogens with zero attached hydrogens (tertiary/aromatic N) is 2. The predicted octanol–water partition coefficient (Wildman–Crippen LogP) is 7.73. The van der Waals surface area contributed by atoms with Crippen LogP contribution in [-0.4, -0.2) is 43.8 Å². The van der Waals surface area contributed by atoms with E-state index < -0.39 is 56.9 Å². The summed E-state index contributed by atoms with van der Waals surface area (Å²) in [6, 6.07) is 23.5. The van der Waals surface area contributed by atoms with Crippen molar-refractivity contribution in [1.29, 1.82) is 0 Å². The van der Waals surface area contributed by atoms with Crippen LogP contribution < -0.4 is 9.62 Å². The molecule has 2 atom stereocenters. The second-order valence-electron chi connectivity index (χ2n) is 12.0. The van der Waals surface area contributed by atoms with Gasteiger partial charge in [0.2, 0.25) is 11.8 Å². The smallest absolute Gasteiger partial charge is 0.352 e. The number of nitrogens with one attached hydrogen (secondary N) is 1. The fraction of sp³-hybridized carbons (Fsp3) is 0.297. The molecule has 4 aromatic carbocycles. The quantitative estimate of drug-likeness (QED) is 0.154. The number of hydrogen-bond acceptors (Lipinski definition) is 4. The zero-order chi connectivity index (χ0) is 35.9. The van der Waals surface area contributed by atoms with Crippen LogP contribution in [0.4, 0.5) is 18.9 Å². The molecule has 2 amide bonds.